The number of carbonyl (C=O) groups excluding carboxylic acids is 1. The number of ether oxygens (including phenoxy) is 1. The minimum Gasteiger partial charge on any atom is -0.497 e. The van der Waals surface area contributed by atoms with E-state index in [-0.39, 0.29) is 23.0 Å². The molecule has 0 radical (unpaired) electrons. The Balaban J connectivity index is 1.64. The SMILES string of the molecule is COc1ccc2nc(S[C@H](C)C(=O)N[C@@H](C)c3ccc(F)cc3)[nH]c2c1. The summed E-state index contributed by atoms with van der Waals surface area (Å²) in [4.78, 5) is 20.1. The topological polar surface area (TPSA) is 67.0 Å². The van der Waals surface area contributed by atoms with Crippen molar-refractivity contribution in [2.45, 2.75) is 30.3 Å². The quantitative estimate of drug-likeness (QED) is 0.639. The van der Waals surface area contributed by atoms with E-state index >= 15 is 0 Å². The first-order valence-electron chi connectivity index (χ1n) is 8.22. The van der Waals surface area contributed by atoms with Crippen molar-refractivity contribution in [2.75, 3.05) is 7.11 Å². The number of nitrogens with one attached hydrogen (secondary N) is 2. The van der Waals surface area contributed by atoms with Crippen molar-refractivity contribution in [3.8, 4) is 5.75 Å². The van der Waals surface area contributed by atoms with Crippen LogP contribution < -0.4 is 10.1 Å². The number of halogens is 1. The molecule has 2 aromatic carbocycles. The summed E-state index contributed by atoms with van der Waals surface area (Å²) in [7, 11) is 1.61. The largest absolute Gasteiger partial charge is 0.497 e. The second-order valence-corrected chi connectivity index (χ2v) is 7.30. The van der Waals surface area contributed by atoms with Crippen LogP contribution in [0, 0.1) is 5.82 Å². The van der Waals surface area contributed by atoms with Crippen LogP contribution in [0.3, 0.4) is 0 Å². The zero-order valence-corrected chi connectivity index (χ0v) is 15.6. The van der Waals surface area contributed by atoms with Gasteiger partial charge in [0, 0.05) is 6.07 Å². The van der Waals surface area contributed by atoms with Crippen LogP contribution >= 0.6 is 11.8 Å². The molecule has 0 fully saturated rings. The predicted molar refractivity (Wildman–Crippen MR) is 101 cm³/mol. The Morgan fingerprint density at radius 1 is 1.23 bits per heavy atom. The summed E-state index contributed by atoms with van der Waals surface area (Å²) in [6.07, 6.45) is 0. The molecule has 1 amide bonds. The first kappa shape index (κ1) is 18.3. The Labute approximate surface area is 155 Å². The molecule has 5 nitrogen and oxygen atoms in total. The lowest BCUT2D eigenvalue weighted by Crippen LogP contribution is -2.33. The van der Waals surface area contributed by atoms with E-state index in [2.05, 4.69) is 15.3 Å². The Kier molecular flexibility index (Phi) is 5.46. The van der Waals surface area contributed by atoms with E-state index in [1.54, 1.807) is 19.2 Å². The third-order valence-electron chi connectivity index (χ3n) is 4.05. The van der Waals surface area contributed by atoms with E-state index in [0.717, 1.165) is 22.3 Å². The fourth-order valence-electron chi connectivity index (χ4n) is 2.53. The van der Waals surface area contributed by atoms with Crippen molar-refractivity contribution >= 4 is 28.7 Å². The molecular formula is C19H20FN3O2S. The number of fused-ring (bicyclic) bond motifs is 1. The van der Waals surface area contributed by atoms with Gasteiger partial charge in [0.05, 0.1) is 29.4 Å². The molecule has 0 unspecified atom stereocenters. The van der Waals surface area contributed by atoms with Gasteiger partial charge in [-0.15, -0.1) is 0 Å². The van der Waals surface area contributed by atoms with Crippen LogP contribution in [0.4, 0.5) is 4.39 Å². The summed E-state index contributed by atoms with van der Waals surface area (Å²) >= 11 is 1.35. The van der Waals surface area contributed by atoms with E-state index in [0.29, 0.717) is 5.16 Å². The fraction of sp³-hybridized carbons (Fsp3) is 0.263. The number of hydrogen-bond acceptors (Lipinski definition) is 4. The van der Waals surface area contributed by atoms with Gasteiger partial charge < -0.3 is 15.0 Å². The molecule has 0 saturated carbocycles. The Bertz CT molecular complexity index is 911. The van der Waals surface area contributed by atoms with Crippen molar-refractivity contribution in [3.05, 3.63) is 53.8 Å². The molecule has 26 heavy (non-hydrogen) atoms. The first-order chi connectivity index (χ1) is 12.5. The van der Waals surface area contributed by atoms with E-state index < -0.39 is 0 Å². The maximum atomic E-state index is 13.0. The van der Waals surface area contributed by atoms with Gasteiger partial charge in [-0.2, -0.15) is 0 Å². The monoisotopic (exact) mass is 373 g/mol. The molecule has 0 bridgehead atoms. The molecule has 3 aromatic rings. The number of benzene rings is 2. The molecule has 136 valence electrons. The van der Waals surface area contributed by atoms with Crippen molar-refractivity contribution in [1.82, 2.24) is 15.3 Å². The number of hydrogen-bond donors (Lipinski definition) is 2. The highest BCUT2D eigenvalue weighted by atomic mass is 32.2. The molecule has 0 spiro atoms. The summed E-state index contributed by atoms with van der Waals surface area (Å²) in [5.41, 5.74) is 2.53. The standard InChI is InChI=1S/C19H20FN3O2S/c1-11(13-4-6-14(20)7-5-13)21-18(24)12(2)26-19-22-16-9-8-15(25-3)10-17(16)23-19/h4-12H,1-3H3,(H,21,24)(H,22,23)/t11-,12+/m0/s1. The molecule has 2 atom stereocenters. The minimum absolute atomic E-state index is 0.107. The summed E-state index contributed by atoms with van der Waals surface area (Å²) in [6, 6.07) is 11.5. The molecule has 0 aliphatic carbocycles. The average Bonchev–Trinajstić information content (AvgIpc) is 3.03. The van der Waals surface area contributed by atoms with Gasteiger partial charge in [0.15, 0.2) is 5.16 Å². The number of imidazole rings is 1. The third kappa shape index (κ3) is 4.16. The predicted octanol–water partition coefficient (Wildman–Crippen LogP) is 4.07. The van der Waals surface area contributed by atoms with Crippen molar-refractivity contribution in [2.24, 2.45) is 0 Å². The number of methoxy groups -OCH3 is 1. The van der Waals surface area contributed by atoms with Gasteiger partial charge in [-0.1, -0.05) is 23.9 Å². The molecule has 0 aliphatic heterocycles. The number of H-pyrrole nitrogens is 1. The number of rotatable bonds is 6. The number of thioether (sulfide) groups is 1. The first-order valence-corrected chi connectivity index (χ1v) is 9.10. The van der Waals surface area contributed by atoms with E-state index in [1.807, 2.05) is 32.0 Å². The minimum atomic E-state index is -0.333. The van der Waals surface area contributed by atoms with Gasteiger partial charge in [-0.25, -0.2) is 9.37 Å². The van der Waals surface area contributed by atoms with Gasteiger partial charge in [-0.05, 0) is 43.7 Å². The third-order valence-corrected chi connectivity index (χ3v) is 5.04. The molecule has 0 aliphatic rings. The maximum absolute atomic E-state index is 13.0. The number of amides is 1. The number of aromatic nitrogens is 2. The number of aromatic amines is 1. The van der Waals surface area contributed by atoms with Crippen LogP contribution in [0.2, 0.25) is 0 Å². The van der Waals surface area contributed by atoms with Crippen molar-refractivity contribution < 1.29 is 13.9 Å². The normalized spacial score (nSPS) is 13.4. The highest BCUT2D eigenvalue weighted by Gasteiger charge is 2.19. The highest BCUT2D eigenvalue weighted by Crippen LogP contribution is 2.26. The van der Waals surface area contributed by atoms with Crippen LogP contribution in [0.1, 0.15) is 25.5 Å². The summed E-state index contributed by atoms with van der Waals surface area (Å²) < 4.78 is 18.2. The Morgan fingerprint density at radius 3 is 2.65 bits per heavy atom. The molecule has 0 saturated heterocycles. The fourth-order valence-corrected chi connectivity index (χ4v) is 3.36. The summed E-state index contributed by atoms with van der Waals surface area (Å²) in [6.45, 7) is 3.70. The zero-order chi connectivity index (χ0) is 18.7. The second kappa shape index (κ2) is 7.78. The van der Waals surface area contributed by atoms with E-state index in [9.17, 15) is 9.18 Å². The Hall–Kier alpha value is -2.54. The van der Waals surface area contributed by atoms with Gasteiger partial charge in [0.25, 0.3) is 0 Å². The molecule has 1 heterocycles. The molecule has 2 N–H and O–H groups in total. The molecule has 3 rings (SSSR count). The van der Waals surface area contributed by atoms with Gasteiger partial charge >= 0.3 is 0 Å². The van der Waals surface area contributed by atoms with Crippen LogP contribution in [0.25, 0.3) is 11.0 Å². The lowest BCUT2D eigenvalue weighted by atomic mass is 10.1. The van der Waals surface area contributed by atoms with Crippen molar-refractivity contribution in [3.63, 3.8) is 0 Å². The smallest absolute Gasteiger partial charge is 0.233 e. The molecule has 1 aromatic heterocycles. The number of nitrogens with zero attached hydrogens (tertiary/aromatic N) is 1. The second-order valence-electron chi connectivity index (χ2n) is 5.97. The van der Waals surface area contributed by atoms with Crippen LogP contribution in [0.5, 0.6) is 5.75 Å². The molecule has 7 heteroatoms. The van der Waals surface area contributed by atoms with E-state index in [4.69, 9.17) is 4.74 Å². The Morgan fingerprint density at radius 2 is 1.96 bits per heavy atom. The zero-order valence-electron chi connectivity index (χ0n) is 14.7. The van der Waals surface area contributed by atoms with Gasteiger partial charge in [0.1, 0.15) is 11.6 Å². The summed E-state index contributed by atoms with van der Waals surface area (Å²) in [5.74, 6) is 0.346. The molecular weight excluding hydrogens is 353 g/mol. The van der Waals surface area contributed by atoms with E-state index in [1.165, 1.54) is 23.9 Å². The lowest BCUT2D eigenvalue weighted by molar-refractivity contribution is -0.120. The lowest BCUT2D eigenvalue weighted by Gasteiger charge is -2.17. The van der Waals surface area contributed by atoms with Crippen LogP contribution in [-0.2, 0) is 4.79 Å². The van der Waals surface area contributed by atoms with Gasteiger partial charge in [-0.3, -0.25) is 4.79 Å². The maximum Gasteiger partial charge on any atom is 0.233 e. The number of carbonyl (C=O) groups is 1. The highest BCUT2D eigenvalue weighted by molar-refractivity contribution is 8.00. The van der Waals surface area contributed by atoms with Crippen LogP contribution in [-0.4, -0.2) is 28.2 Å². The summed E-state index contributed by atoms with van der Waals surface area (Å²) in [5, 5.41) is 3.28. The average molecular weight is 373 g/mol. The van der Waals surface area contributed by atoms with Crippen LogP contribution in [0.15, 0.2) is 47.6 Å². The van der Waals surface area contributed by atoms with Crippen molar-refractivity contribution in [1.29, 1.82) is 0 Å². The van der Waals surface area contributed by atoms with Gasteiger partial charge in [0.2, 0.25) is 5.91 Å².